The van der Waals surface area contributed by atoms with Crippen molar-refractivity contribution in [1.82, 2.24) is 19.5 Å². The van der Waals surface area contributed by atoms with Crippen molar-refractivity contribution in [2.75, 3.05) is 0 Å². The average molecular weight is 615 g/mol. The Kier molecular flexibility index (Phi) is 5.81. The number of hydrogen-bond acceptors (Lipinski definition) is 4. The van der Waals surface area contributed by atoms with E-state index in [-0.39, 0.29) is 0 Å². The van der Waals surface area contributed by atoms with Gasteiger partial charge in [0, 0.05) is 27.3 Å². The topological polar surface area (TPSA) is 56.7 Å². The maximum atomic E-state index is 6.77. The van der Waals surface area contributed by atoms with Crippen LogP contribution in [0.4, 0.5) is 0 Å². The van der Waals surface area contributed by atoms with Gasteiger partial charge in [-0.05, 0) is 52.2 Å². The number of benzene rings is 7. The van der Waals surface area contributed by atoms with Gasteiger partial charge >= 0.3 is 0 Å². The van der Waals surface area contributed by atoms with Crippen LogP contribution >= 0.6 is 0 Å². The highest BCUT2D eigenvalue weighted by molar-refractivity contribution is 6.27. The zero-order chi connectivity index (χ0) is 31.6. The minimum atomic E-state index is 0.559. The maximum absolute atomic E-state index is 6.77. The van der Waals surface area contributed by atoms with E-state index in [1.807, 2.05) is 60.7 Å². The quantitative estimate of drug-likeness (QED) is 0.198. The summed E-state index contributed by atoms with van der Waals surface area (Å²) < 4.78 is 8.91. The van der Waals surface area contributed by atoms with Crippen molar-refractivity contribution in [3.8, 4) is 39.9 Å². The maximum Gasteiger partial charge on any atom is 0.238 e. The van der Waals surface area contributed by atoms with Crippen molar-refractivity contribution < 1.29 is 4.42 Å². The van der Waals surface area contributed by atoms with Gasteiger partial charge < -0.3 is 4.42 Å². The molecular weight excluding hydrogens is 589 g/mol. The predicted molar refractivity (Wildman–Crippen MR) is 195 cm³/mol. The molecule has 48 heavy (non-hydrogen) atoms. The van der Waals surface area contributed by atoms with Gasteiger partial charge in [-0.25, -0.2) is 4.98 Å². The van der Waals surface area contributed by atoms with Gasteiger partial charge in [0.05, 0.1) is 16.4 Å². The molecule has 0 bridgehead atoms. The Balaban J connectivity index is 1.25. The highest BCUT2D eigenvalue weighted by Gasteiger charge is 2.22. The largest absolute Gasteiger partial charge is 0.455 e. The summed E-state index contributed by atoms with van der Waals surface area (Å²) in [6.07, 6.45) is 0. The lowest BCUT2D eigenvalue weighted by Gasteiger charge is -2.10. The van der Waals surface area contributed by atoms with Crippen LogP contribution in [-0.2, 0) is 0 Å². The van der Waals surface area contributed by atoms with Crippen LogP contribution in [0, 0.1) is 0 Å². The van der Waals surface area contributed by atoms with E-state index >= 15 is 0 Å². The van der Waals surface area contributed by atoms with Gasteiger partial charge in [0.1, 0.15) is 11.2 Å². The minimum Gasteiger partial charge on any atom is -0.455 e. The van der Waals surface area contributed by atoms with E-state index < -0.39 is 0 Å². The number of rotatable bonds is 4. The van der Waals surface area contributed by atoms with Crippen molar-refractivity contribution >= 4 is 54.5 Å². The van der Waals surface area contributed by atoms with Gasteiger partial charge in [0.15, 0.2) is 11.6 Å². The SMILES string of the molecule is c1ccc(-c2ccc3c(ccc4oc5c(ccc6c5c5ccccc5n6-c5nc(-c6ccccc6)nc(-c6ccccc6)n5)c43)c2)cc1. The molecule has 3 heterocycles. The monoisotopic (exact) mass is 614 g/mol. The molecule has 0 unspecified atom stereocenters. The predicted octanol–water partition coefficient (Wildman–Crippen LogP) is 11.0. The van der Waals surface area contributed by atoms with E-state index in [1.165, 1.54) is 21.9 Å². The zero-order valence-electron chi connectivity index (χ0n) is 25.7. The molecule has 0 saturated carbocycles. The molecule has 3 aromatic heterocycles. The summed E-state index contributed by atoms with van der Waals surface area (Å²) >= 11 is 0. The lowest BCUT2D eigenvalue weighted by atomic mass is 9.98. The minimum absolute atomic E-state index is 0.559. The second-order valence-corrected chi connectivity index (χ2v) is 12.0. The molecule has 0 aliphatic rings. The molecule has 7 aromatic carbocycles. The fourth-order valence-corrected chi connectivity index (χ4v) is 7.04. The molecule has 0 amide bonds. The van der Waals surface area contributed by atoms with Crippen LogP contribution < -0.4 is 0 Å². The van der Waals surface area contributed by atoms with E-state index in [1.54, 1.807) is 0 Å². The van der Waals surface area contributed by atoms with Crippen molar-refractivity contribution in [1.29, 1.82) is 0 Å². The third-order valence-electron chi connectivity index (χ3n) is 9.25. The molecule has 0 aliphatic heterocycles. The third kappa shape index (κ3) is 4.08. The molecule has 10 rings (SSSR count). The van der Waals surface area contributed by atoms with Gasteiger partial charge in [0.2, 0.25) is 5.95 Å². The van der Waals surface area contributed by atoms with Crippen molar-refractivity contribution in [2.24, 2.45) is 0 Å². The Morgan fingerprint density at radius 1 is 0.417 bits per heavy atom. The second-order valence-electron chi connectivity index (χ2n) is 12.0. The first-order chi connectivity index (χ1) is 23.8. The number of fused-ring (bicyclic) bond motifs is 9. The molecule has 5 nitrogen and oxygen atoms in total. The standard InChI is InChI=1S/C43H26N4O/c1-4-12-27(13-5-1)30-20-22-32-31(26-30)21-25-37-38(32)34-23-24-36-39(40(34)48-37)33-18-10-11-19-35(33)47(36)43-45-41(28-14-6-2-7-15-28)44-42(46-43)29-16-8-3-9-17-29/h1-26H. The molecule has 0 fully saturated rings. The summed E-state index contributed by atoms with van der Waals surface area (Å²) in [5, 5.41) is 6.68. The highest BCUT2D eigenvalue weighted by Crippen LogP contribution is 2.42. The molecule has 5 heteroatoms. The summed E-state index contributed by atoms with van der Waals surface area (Å²) in [6, 6.07) is 54.4. The first-order valence-corrected chi connectivity index (χ1v) is 16.0. The van der Waals surface area contributed by atoms with Gasteiger partial charge in [-0.15, -0.1) is 0 Å². The molecule has 0 aliphatic carbocycles. The van der Waals surface area contributed by atoms with E-state index in [4.69, 9.17) is 19.4 Å². The van der Waals surface area contributed by atoms with E-state index in [9.17, 15) is 0 Å². The Hall–Kier alpha value is -6.59. The second kappa shape index (κ2) is 10.5. The van der Waals surface area contributed by atoms with Crippen molar-refractivity contribution in [3.63, 3.8) is 0 Å². The average Bonchev–Trinajstić information content (AvgIpc) is 3.72. The van der Waals surface area contributed by atoms with Crippen LogP contribution in [-0.4, -0.2) is 19.5 Å². The summed E-state index contributed by atoms with van der Waals surface area (Å²) in [5.74, 6) is 1.80. The molecule has 0 saturated heterocycles. The lowest BCUT2D eigenvalue weighted by molar-refractivity contribution is 0.673. The smallest absolute Gasteiger partial charge is 0.238 e. The zero-order valence-corrected chi connectivity index (χ0v) is 25.7. The summed E-state index contributed by atoms with van der Waals surface area (Å²) in [4.78, 5) is 15.1. The van der Waals surface area contributed by atoms with Gasteiger partial charge in [0.25, 0.3) is 0 Å². The van der Waals surface area contributed by atoms with Crippen LogP contribution in [0.25, 0.3) is 94.4 Å². The molecular formula is C43H26N4O. The van der Waals surface area contributed by atoms with Gasteiger partial charge in [-0.3, -0.25) is 4.57 Å². The van der Waals surface area contributed by atoms with Crippen LogP contribution in [0.5, 0.6) is 0 Å². The fraction of sp³-hybridized carbons (Fsp3) is 0. The molecule has 0 atom stereocenters. The van der Waals surface area contributed by atoms with Gasteiger partial charge in [-0.2, -0.15) is 9.97 Å². The number of nitrogens with zero attached hydrogens (tertiary/aromatic N) is 4. The van der Waals surface area contributed by atoms with Gasteiger partial charge in [-0.1, -0.05) is 127 Å². The van der Waals surface area contributed by atoms with Crippen LogP contribution in [0.1, 0.15) is 0 Å². The number of aromatic nitrogens is 4. The lowest BCUT2D eigenvalue weighted by Crippen LogP contribution is -2.06. The molecule has 0 N–H and O–H groups in total. The van der Waals surface area contributed by atoms with Crippen LogP contribution in [0.15, 0.2) is 162 Å². The summed E-state index contributed by atoms with van der Waals surface area (Å²) in [6.45, 7) is 0. The number of hydrogen-bond donors (Lipinski definition) is 0. The van der Waals surface area contributed by atoms with Crippen LogP contribution in [0.2, 0.25) is 0 Å². The number of para-hydroxylation sites is 1. The Morgan fingerprint density at radius 3 is 1.75 bits per heavy atom. The van der Waals surface area contributed by atoms with E-state index in [2.05, 4.69) is 102 Å². The first kappa shape index (κ1) is 26.6. The Morgan fingerprint density at radius 2 is 1.04 bits per heavy atom. The summed E-state index contributed by atoms with van der Waals surface area (Å²) in [7, 11) is 0. The molecule has 224 valence electrons. The third-order valence-corrected chi connectivity index (χ3v) is 9.25. The number of furan rings is 1. The Bertz CT molecular complexity index is 2760. The van der Waals surface area contributed by atoms with Crippen molar-refractivity contribution in [2.45, 2.75) is 0 Å². The normalized spacial score (nSPS) is 11.8. The first-order valence-electron chi connectivity index (χ1n) is 16.0. The molecule has 0 radical (unpaired) electrons. The van der Waals surface area contributed by atoms with E-state index in [0.717, 1.165) is 54.9 Å². The molecule has 0 spiro atoms. The Labute approximate surface area is 275 Å². The highest BCUT2D eigenvalue weighted by atomic mass is 16.3. The van der Waals surface area contributed by atoms with Crippen molar-refractivity contribution in [3.05, 3.63) is 158 Å². The molecule has 10 aromatic rings. The summed E-state index contributed by atoms with van der Waals surface area (Å²) in [5.41, 5.74) is 7.97. The van der Waals surface area contributed by atoms with Crippen LogP contribution in [0.3, 0.4) is 0 Å². The fourth-order valence-electron chi connectivity index (χ4n) is 7.04. The van der Waals surface area contributed by atoms with E-state index in [0.29, 0.717) is 17.6 Å².